The van der Waals surface area contributed by atoms with Gasteiger partial charge < -0.3 is 0 Å². The number of sulfonamides is 1. The Hall–Kier alpha value is -2.10. The summed E-state index contributed by atoms with van der Waals surface area (Å²) in [5, 5.41) is 12.0. The third-order valence-electron chi connectivity index (χ3n) is 3.18. The van der Waals surface area contributed by atoms with Crippen molar-refractivity contribution in [3.05, 3.63) is 40.9 Å². The second-order valence-corrected chi connectivity index (χ2v) is 9.13. The summed E-state index contributed by atoms with van der Waals surface area (Å²) in [7, 11) is -2.11. The normalized spacial score (nSPS) is 12.5. The quantitative estimate of drug-likeness (QED) is 0.776. The summed E-state index contributed by atoms with van der Waals surface area (Å²) in [6, 6.07) is 6.20. The number of anilines is 1. The lowest BCUT2D eigenvalue weighted by molar-refractivity contribution is -0.111. The van der Waals surface area contributed by atoms with Gasteiger partial charge in [-0.05, 0) is 30.8 Å². The molecule has 0 aliphatic heterocycles. The zero-order valence-corrected chi connectivity index (χ0v) is 16.0. The van der Waals surface area contributed by atoms with E-state index in [0.717, 1.165) is 5.01 Å². The number of carbonyl (C=O) groups is 1. The molecule has 9 heteroatoms. The first-order chi connectivity index (χ1) is 11.6. The van der Waals surface area contributed by atoms with E-state index in [9.17, 15) is 13.2 Å². The number of aromatic nitrogens is 2. The van der Waals surface area contributed by atoms with Gasteiger partial charge in [-0.3, -0.25) is 10.1 Å². The van der Waals surface area contributed by atoms with Crippen molar-refractivity contribution >= 4 is 38.5 Å². The maximum absolute atomic E-state index is 12.0. The van der Waals surface area contributed by atoms with E-state index < -0.39 is 10.0 Å². The number of hydrogen-bond donors (Lipinski definition) is 2. The first-order valence-corrected chi connectivity index (χ1v) is 9.78. The van der Waals surface area contributed by atoms with E-state index in [4.69, 9.17) is 0 Å². The highest BCUT2D eigenvalue weighted by Crippen LogP contribution is 2.27. The molecule has 0 spiro atoms. The molecule has 0 saturated heterocycles. The van der Waals surface area contributed by atoms with Crippen LogP contribution in [0, 0.1) is 0 Å². The fourth-order valence-corrected chi connectivity index (χ4v) is 3.31. The summed E-state index contributed by atoms with van der Waals surface area (Å²) in [4.78, 5) is 12.1. The molecule has 1 amide bonds. The average Bonchev–Trinajstić information content (AvgIpc) is 3.02. The summed E-state index contributed by atoms with van der Waals surface area (Å²) >= 11 is 1.34. The van der Waals surface area contributed by atoms with E-state index in [1.165, 1.54) is 36.6 Å². The van der Waals surface area contributed by atoms with Crippen LogP contribution in [-0.4, -0.2) is 31.6 Å². The van der Waals surface area contributed by atoms with Crippen molar-refractivity contribution in [2.24, 2.45) is 0 Å². The molecule has 0 radical (unpaired) electrons. The SMILES string of the molecule is CNS(=O)(=O)c1ccc(C=CC(=O)Nc2nnc(C(C)(C)C)s2)cc1. The van der Waals surface area contributed by atoms with Crippen molar-refractivity contribution in [3.8, 4) is 0 Å². The van der Waals surface area contributed by atoms with Gasteiger partial charge in [0.05, 0.1) is 4.90 Å². The van der Waals surface area contributed by atoms with Crippen molar-refractivity contribution < 1.29 is 13.2 Å². The molecule has 0 atom stereocenters. The molecule has 1 heterocycles. The zero-order valence-electron chi connectivity index (χ0n) is 14.4. The Bertz CT molecular complexity index is 879. The first-order valence-electron chi connectivity index (χ1n) is 7.48. The third kappa shape index (κ3) is 5.18. The Morgan fingerprint density at radius 2 is 1.80 bits per heavy atom. The summed E-state index contributed by atoms with van der Waals surface area (Å²) < 4.78 is 25.5. The van der Waals surface area contributed by atoms with Crippen molar-refractivity contribution in [3.63, 3.8) is 0 Å². The topological polar surface area (TPSA) is 101 Å². The predicted molar refractivity (Wildman–Crippen MR) is 99.0 cm³/mol. The van der Waals surface area contributed by atoms with Gasteiger partial charge in [0.25, 0.3) is 0 Å². The van der Waals surface area contributed by atoms with Crippen molar-refractivity contribution in [1.82, 2.24) is 14.9 Å². The van der Waals surface area contributed by atoms with Crippen molar-refractivity contribution in [2.75, 3.05) is 12.4 Å². The molecule has 0 aliphatic carbocycles. The molecule has 0 aliphatic rings. The van der Waals surface area contributed by atoms with Crippen LogP contribution in [0.4, 0.5) is 5.13 Å². The second-order valence-electron chi connectivity index (χ2n) is 6.26. The fraction of sp³-hybridized carbons (Fsp3) is 0.312. The van der Waals surface area contributed by atoms with Gasteiger partial charge in [-0.25, -0.2) is 13.1 Å². The number of nitrogens with zero attached hydrogens (tertiary/aromatic N) is 2. The number of hydrogen-bond acceptors (Lipinski definition) is 6. The minimum atomic E-state index is -3.46. The Balaban J connectivity index is 2.02. The predicted octanol–water partition coefficient (Wildman–Crippen LogP) is 2.40. The highest BCUT2D eigenvalue weighted by Gasteiger charge is 2.19. The molecule has 0 bridgehead atoms. The maximum Gasteiger partial charge on any atom is 0.250 e. The van der Waals surface area contributed by atoms with Crippen LogP contribution in [0.1, 0.15) is 31.3 Å². The van der Waals surface area contributed by atoms with Crippen LogP contribution >= 0.6 is 11.3 Å². The van der Waals surface area contributed by atoms with E-state index in [0.29, 0.717) is 10.7 Å². The van der Waals surface area contributed by atoms with Gasteiger partial charge in [-0.1, -0.05) is 44.2 Å². The molecule has 0 saturated carbocycles. The third-order valence-corrected chi connectivity index (χ3v) is 5.88. The molecule has 7 nitrogen and oxygen atoms in total. The minimum absolute atomic E-state index is 0.119. The maximum atomic E-state index is 12.0. The molecule has 0 fully saturated rings. The summed E-state index contributed by atoms with van der Waals surface area (Å²) in [5.41, 5.74) is 0.587. The van der Waals surface area contributed by atoms with Crippen LogP contribution in [-0.2, 0) is 20.2 Å². The van der Waals surface area contributed by atoms with E-state index in [1.807, 2.05) is 20.8 Å². The van der Waals surface area contributed by atoms with Gasteiger partial charge in [0.15, 0.2) is 0 Å². The molecule has 2 aromatic rings. The minimum Gasteiger partial charge on any atom is -0.297 e. The first kappa shape index (κ1) is 19.2. The van der Waals surface area contributed by atoms with Gasteiger partial charge in [-0.2, -0.15) is 0 Å². The Morgan fingerprint density at radius 1 is 1.16 bits per heavy atom. The second kappa shape index (κ2) is 7.42. The van der Waals surface area contributed by atoms with Crippen LogP contribution in [0.3, 0.4) is 0 Å². The largest absolute Gasteiger partial charge is 0.297 e. The van der Waals surface area contributed by atoms with Gasteiger partial charge in [0.2, 0.25) is 21.1 Å². The van der Waals surface area contributed by atoms with E-state index in [-0.39, 0.29) is 16.2 Å². The summed E-state index contributed by atoms with van der Waals surface area (Å²) in [6.45, 7) is 6.07. The van der Waals surface area contributed by atoms with Crippen molar-refractivity contribution in [2.45, 2.75) is 31.1 Å². The number of nitrogens with one attached hydrogen (secondary N) is 2. The van der Waals surface area contributed by atoms with E-state index in [2.05, 4.69) is 20.2 Å². The van der Waals surface area contributed by atoms with E-state index >= 15 is 0 Å². The molecule has 134 valence electrons. The molecule has 2 N–H and O–H groups in total. The lowest BCUT2D eigenvalue weighted by Gasteiger charge is -2.12. The molecular formula is C16H20N4O3S2. The molecule has 1 aromatic carbocycles. The fourth-order valence-electron chi connectivity index (χ4n) is 1.77. The van der Waals surface area contributed by atoms with Crippen LogP contribution in [0.5, 0.6) is 0 Å². The highest BCUT2D eigenvalue weighted by atomic mass is 32.2. The lowest BCUT2D eigenvalue weighted by atomic mass is 9.98. The average molecular weight is 380 g/mol. The molecular weight excluding hydrogens is 360 g/mol. The van der Waals surface area contributed by atoms with Gasteiger partial charge >= 0.3 is 0 Å². The van der Waals surface area contributed by atoms with Crippen LogP contribution in [0.15, 0.2) is 35.2 Å². The van der Waals surface area contributed by atoms with Crippen LogP contribution < -0.4 is 10.0 Å². The summed E-state index contributed by atoms with van der Waals surface area (Å²) in [6.07, 6.45) is 2.95. The van der Waals surface area contributed by atoms with Crippen molar-refractivity contribution in [1.29, 1.82) is 0 Å². The Morgan fingerprint density at radius 3 is 2.32 bits per heavy atom. The lowest BCUT2D eigenvalue weighted by Crippen LogP contribution is -2.18. The number of rotatable bonds is 5. The van der Waals surface area contributed by atoms with E-state index in [1.54, 1.807) is 18.2 Å². The van der Waals surface area contributed by atoms with Gasteiger partial charge in [0, 0.05) is 11.5 Å². The number of amides is 1. The highest BCUT2D eigenvalue weighted by molar-refractivity contribution is 7.89. The number of benzene rings is 1. The monoisotopic (exact) mass is 380 g/mol. The summed E-state index contributed by atoms with van der Waals surface area (Å²) in [5.74, 6) is -0.330. The van der Waals surface area contributed by atoms with Crippen LogP contribution in [0.2, 0.25) is 0 Å². The Kier molecular flexibility index (Phi) is 5.71. The molecule has 1 aromatic heterocycles. The number of carbonyl (C=O) groups excluding carboxylic acids is 1. The molecule has 25 heavy (non-hydrogen) atoms. The van der Waals surface area contributed by atoms with Crippen LogP contribution in [0.25, 0.3) is 6.08 Å². The van der Waals surface area contributed by atoms with Gasteiger partial charge in [0.1, 0.15) is 5.01 Å². The molecule has 0 unspecified atom stereocenters. The Labute approximate surface area is 151 Å². The standard InChI is InChI=1S/C16H20N4O3S2/c1-16(2,3)14-19-20-15(24-14)18-13(21)10-7-11-5-8-12(9-6-11)25(22,23)17-4/h5-10,17H,1-4H3,(H,18,20,21). The molecule has 2 rings (SSSR count). The smallest absolute Gasteiger partial charge is 0.250 e. The zero-order chi connectivity index (χ0) is 18.7. The van der Waals surface area contributed by atoms with Gasteiger partial charge in [-0.15, -0.1) is 10.2 Å².